The quantitative estimate of drug-likeness (QED) is 0.577. The van der Waals surface area contributed by atoms with Gasteiger partial charge < -0.3 is 11.5 Å². The molecular weight excluding hydrogens is 148 g/mol. The zero-order valence-corrected chi connectivity index (χ0v) is 8.18. The van der Waals surface area contributed by atoms with Crippen molar-refractivity contribution in [3.05, 3.63) is 11.9 Å². The van der Waals surface area contributed by atoms with Gasteiger partial charge in [0.2, 0.25) is 0 Å². The summed E-state index contributed by atoms with van der Waals surface area (Å²) in [6.07, 6.45) is 10.9. The highest BCUT2D eigenvalue weighted by atomic mass is 14.8. The maximum Gasteiger partial charge on any atom is 0.0892 e. The lowest BCUT2D eigenvalue weighted by atomic mass is 10.1. The van der Waals surface area contributed by atoms with Gasteiger partial charge in [0.1, 0.15) is 0 Å². The Bertz CT molecular complexity index is 115. The average molecular weight is 170 g/mol. The van der Waals surface area contributed by atoms with Gasteiger partial charge in [-0.15, -0.1) is 0 Å². The van der Waals surface area contributed by atoms with Crippen LogP contribution in [0.15, 0.2) is 11.9 Å². The Hall–Kier alpha value is -0.660. The summed E-state index contributed by atoms with van der Waals surface area (Å²) in [5.74, 6) is 0.462. The van der Waals surface area contributed by atoms with E-state index in [0.717, 1.165) is 6.42 Å². The van der Waals surface area contributed by atoms with Crippen molar-refractivity contribution in [1.29, 1.82) is 0 Å². The first-order valence-electron chi connectivity index (χ1n) is 4.98. The highest BCUT2D eigenvalue weighted by Gasteiger charge is 1.88. The predicted octanol–water partition coefficient (Wildman–Crippen LogP) is 2.50. The SMILES string of the molecule is CCCCCCCCC=C(N)N. The van der Waals surface area contributed by atoms with Crippen LogP contribution in [0.4, 0.5) is 0 Å². The Morgan fingerprint density at radius 1 is 1.00 bits per heavy atom. The summed E-state index contributed by atoms with van der Waals surface area (Å²) in [6, 6.07) is 0. The van der Waals surface area contributed by atoms with Gasteiger partial charge in [0.25, 0.3) is 0 Å². The molecule has 12 heavy (non-hydrogen) atoms. The van der Waals surface area contributed by atoms with Crippen LogP contribution in [0.1, 0.15) is 51.9 Å². The number of hydrogen-bond donors (Lipinski definition) is 2. The van der Waals surface area contributed by atoms with Gasteiger partial charge in [0, 0.05) is 0 Å². The predicted molar refractivity (Wildman–Crippen MR) is 54.5 cm³/mol. The van der Waals surface area contributed by atoms with Crippen LogP contribution in [-0.4, -0.2) is 0 Å². The fraction of sp³-hybridized carbons (Fsp3) is 0.800. The maximum absolute atomic E-state index is 5.29. The van der Waals surface area contributed by atoms with Crippen LogP contribution in [0.5, 0.6) is 0 Å². The molecular formula is C10H22N2. The molecule has 0 bridgehead atoms. The third-order valence-corrected chi connectivity index (χ3v) is 1.94. The molecule has 2 nitrogen and oxygen atoms in total. The van der Waals surface area contributed by atoms with E-state index in [-0.39, 0.29) is 0 Å². The topological polar surface area (TPSA) is 52.0 Å². The average Bonchev–Trinajstić information content (AvgIpc) is 2.02. The van der Waals surface area contributed by atoms with E-state index in [4.69, 9.17) is 11.5 Å². The van der Waals surface area contributed by atoms with E-state index in [2.05, 4.69) is 6.92 Å². The minimum absolute atomic E-state index is 0.462. The van der Waals surface area contributed by atoms with Crippen molar-refractivity contribution < 1.29 is 0 Å². The van der Waals surface area contributed by atoms with Crippen molar-refractivity contribution in [3.8, 4) is 0 Å². The summed E-state index contributed by atoms with van der Waals surface area (Å²) in [5.41, 5.74) is 10.6. The second-order valence-electron chi connectivity index (χ2n) is 3.26. The van der Waals surface area contributed by atoms with Crippen molar-refractivity contribution in [1.82, 2.24) is 0 Å². The smallest absolute Gasteiger partial charge is 0.0892 e. The van der Waals surface area contributed by atoms with Crippen molar-refractivity contribution in [2.75, 3.05) is 0 Å². The number of unbranched alkanes of at least 4 members (excludes halogenated alkanes) is 6. The Morgan fingerprint density at radius 2 is 1.58 bits per heavy atom. The summed E-state index contributed by atoms with van der Waals surface area (Å²) < 4.78 is 0. The Morgan fingerprint density at radius 3 is 2.17 bits per heavy atom. The van der Waals surface area contributed by atoms with Gasteiger partial charge in [-0.2, -0.15) is 0 Å². The normalized spacial score (nSPS) is 9.75. The molecule has 0 aromatic rings. The first-order chi connectivity index (χ1) is 5.77. The van der Waals surface area contributed by atoms with Crippen LogP contribution in [0, 0.1) is 0 Å². The minimum Gasteiger partial charge on any atom is -0.386 e. The summed E-state index contributed by atoms with van der Waals surface area (Å²) in [6.45, 7) is 2.23. The fourth-order valence-corrected chi connectivity index (χ4v) is 1.19. The molecule has 0 spiro atoms. The van der Waals surface area contributed by atoms with Gasteiger partial charge in [0.15, 0.2) is 0 Å². The molecule has 0 atom stereocenters. The summed E-state index contributed by atoms with van der Waals surface area (Å²) >= 11 is 0. The second-order valence-corrected chi connectivity index (χ2v) is 3.26. The molecule has 0 saturated carbocycles. The third-order valence-electron chi connectivity index (χ3n) is 1.94. The van der Waals surface area contributed by atoms with Gasteiger partial charge in [-0.25, -0.2) is 0 Å². The molecule has 0 fully saturated rings. The number of hydrogen-bond acceptors (Lipinski definition) is 2. The molecule has 0 aromatic heterocycles. The molecule has 72 valence electrons. The number of nitrogens with two attached hydrogens (primary N) is 2. The van der Waals surface area contributed by atoms with E-state index in [1.807, 2.05) is 6.08 Å². The van der Waals surface area contributed by atoms with E-state index in [9.17, 15) is 0 Å². The van der Waals surface area contributed by atoms with Crippen LogP contribution >= 0.6 is 0 Å². The van der Waals surface area contributed by atoms with Crippen molar-refractivity contribution in [2.45, 2.75) is 51.9 Å². The lowest BCUT2D eigenvalue weighted by Gasteiger charge is -1.97. The molecule has 4 N–H and O–H groups in total. The lowest BCUT2D eigenvalue weighted by molar-refractivity contribution is 0.610. The molecule has 0 heterocycles. The first-order valence-corrected chi connectivity index (χ1v) is 4.98. The molecule has 0 unspecified atom stereocenters. The standard InChI is InChI=1S/C10H22N2/c1-2-3-4-5-6-7-8-9-10(11)12/h9H,2-8,11-12H2,1H3. The minimum atomic E-state index is 0.462. The van der Waals surface area contributed by atoms with Gasteiger partial charge in [0.05, 0.1) is 5.82 Å². The molecule has 0 aliphatic rings. The molecule has 0 aliphatic heterocycles. The van der Waals surface area contributed by atoms with E-state index in [1.54, 1.807) is 0 Å². The Kier molecular flexibility index (Phi) is 7.97. The zero-order valence-electron chi connectivity index (χ0n) is 8.18. The molecule has 2 heteroatoms. The van der Waals surface area contributed by atoms with E-state index in [1.165, 1.54) is 38.5 Å². The molecule has 0 amide bonds. The summed E-state index contributed by atoms with van der Waals surface area (Å²) in [7, 11) is 0. The van der Waals surface area contributed by atoms with Crippen molar-refractivity contribution >= 4 is 0 Å². The Balaban J connectivity index is 2.96. The van der Waals surface area contributed by atoms with Crippen LogP contribution in [-0.2, 0) is 0 Å². The molecule has 0 aliphatic carbocycles. The van der Waals surface area contributed by atoms with E-state index < -0.39 is 0 Å². The summed E-state index contributed by atoms with van der Waals surface area (Å²) in [5, 5.41) is 0. The number of rotatable bonds is 7. The number of allylic oxidation sites excluding steroid dienone is 1. The highest BCUT2D eigenvalue weighted by Crippen LogP contribution is 2.06. The van der Waals surface area contributed by atoms with E-state index in [0.29, 0.717) is 5.82 Å². The van der Waals surface area contributed by atoms with Gasteiger partial charge >= 0.3 is 0 Å². The van der Waals surface area contributed by atoms with Gasteiger partial charge in [-0.3, -0.25) is 0 Å². The Labute approximate surface area is 76.0 Å². The summed E-state index contributed by atoms with van der Waals surface area (Å²) in [4.78, 5) is 0. The van der Waals surface area contributed by atoms with Gasteiger partial charge in [-0.1, -0.05) is 39.0 Å². The molecule has 0 aromatic carbocycles. The highest BCUT2D eigenvalue weighted by molar-refractivity contribution is 4.89. The largest absolute Gasteiger partial charge is 0.386 e. The van der Waals surface area contributed by atoms with Crippen LogP contribution in [0.2, 0.25) is 0 Å². The monoisotopic (exact) mass is 170 g/mol. The van der Waals surface area contributed by atoms with Crippen molar-refractivity contribution in [3.63, 3.8) is 0 Å². The second kappa shape index (κ2) is 8.44. The zero-order chi connectivity index (χ0) is 9.23. The van der Waals surface area contributed by atoms with E-state index >= 15 is 0 Å². The van der Waals surface area contributed by atoms with Crippen LogP contribution < -0.4 is 11.5 Å². The van der Waals surface area contributed by atoms with Gasteiger partial charge in [-0.05, 0) is 18.9 Å². The first kappa shape index (κ1) is 11.3. The van der Waals surface area contributed by atoms with Crippen LogP contribution in [0.3, 0.4) is 0 Å². The fourth-order valence-electron chi connectivity index (χ4n) is 1.19. The lowest BCUT2D eigenvalue weighted by Crippen LogP contribution is -2.07. The molecule has 0 saturated heterocycles. The molecule has 0 rings (SSSR count). The molecule has 0 radical (unpaired) electrons. The van der Waals surface area contributed by atoms with Crippen LogP contribution in [0.25, 0.3) is 0 Å². The third kappa shape index (κ3) is 9.34. The van der Waals surface area contributed by atoms with Crippen molar-refractivity contribution in [2.24, 2.45) is 11.5 Å². The maximum atomic E-state index is 5.29.